The highest BCUT2D eigenvalue weighted by Crippen LogP contribution is 2.45. The number of pyridine rings is 1. The first-order chi connectivity index (χ1) is 16.1. The van der Waals surface area contributed by atoms with Crippen molar-refractivity contribution in [3.63, 3.8) is 0 Å². The van der Waals surface area contributed by atoms with Gasteiger partial charge < -0.3 is 15.0 Å². The molecule has 1 atom stereocenters. The average molecular weight is 465 g/mol. The number of aromatic amines is 1. The summed E-state index contributed by atoms with van der Waals surface area (Å²) >= 11 is 6.51. The zero-order valence-corrected chi connectivity index (χ0v) is 20.0. The van der Waals surface area contributed by atoms with Crippen LogP contribution in [0.25, 0.3) is 10.8 Å². The molecule has 1 heterocycles. The molecule has 2 aliphatic rings. The number of H-pyrrole nitrogens is 1. The number of ether oxygens (including phenoxy) is 1. The van der Waals surface area contributed by atoms with Crippen LogP contribution in [0.15, 0.2) is 59.5 Å². The number of benzene rings is 2. The standard InChI is InChI=1S/C28H33ClN2O2/c1-2-26(31-18-19-8-9-19)28(21-6-4-3-5-7-21)13-10-22(11-14-28)33-25-16-20-12-15-30-27(32)23(20)17-24(25)29/h3-7,12,15-17,19,22,26,31H,2,8-11,13-14,18H2,1H3,(H,30,32)/t22-,26-,28-/m1/s1. The second-order valence-corrected chi connectivity index (χ2v) is 10.2. The van der Waals surface area contributed by atoms with Gasteiger partial charge >= 0.3 is 0 Å². The van der Waals surface area contributed by atoms with E-state index >= 15 is 0 Å². The fourth-order valence-electron chi connectivity index (χ4n) is 5.65. The SMILES string of the molecule is CC[C@@H](NCC1CC1)[C@]1(c2ccccc2)CC[C@@H](Oc2cc3cc[nH]c(=O)c3cc2Cl)CC1. The second-order valence-electron chi connectivity index (χ2n) is 9.83. The summed E-state index contributed by atoms with van der Waals surface area (Å²) in [4.78, 5) is 14.8. The highest BCUT2D eigenvalue weighted by atomic mass is 35.5. The lowest BCUT2D eigenvalue weighted by molar-refractivity contribution is 0.0957. The average Bonchev–Trinajstić information content (AvgIpc) is 3.67. The van der Waals surface area contributed by atoms with Crippen LogP contribution >= 0.6 is 11.6 Å². The molecule has 0 spiro atoms. The third-order valence-electron chi connectivity index (χ3n) is 7.72. The van der Waals surface area contributed by atoms with Crippen molar-refractivity contribution in [1.29, 1.82) is 0 Å². The summed E-state index contributed by atoms with van der Waals surface area (Å²) in [6.07, 6.45) is 9.80. The lowest BCUT2D eigenvalue weighted by Gasteiger charge is -2.46. The van der Waals surface area contributed by atoms with Crippen molar-refractivity contribution in [2.24, 2.45) is 5.92 Å². The summed E-state index contributed by atoms with van der Waals surface area (Å²) in [6.45, 7) is 3.45. The first-order valence-corrected chi connectivity index (χ1v) is 12.7. The van der Waals surface area contributed by atoms with E-state index in [0.717, 1.165) is 50.0 Å². The van der Waals surface area contributed by atoms with Crippen molar-refractivity contribution in [3.05, 3.63) is 75.7 Å². The molecule has 0 amide bonds. The number of hydrogen-bond donors (Lipinski definition) is 2. The summed E-state index contributed by atoms with van der Waals surface area (Å²) < 4.78 is 6.42. The van der Waals surface area contributed by atoms with Crippen molar-refractivity contribution >= 4 is 22.4 Å². The number of rotatable bonds is 8. The Hall–Kier alpha value is -2.30. The van der Waals surface area contributed by atoms with Gasteiger partial charge in [-0.05, 0) is 86.6 Å². The Morgan fingerprint density at radius 1 is 1.12 bits per heavy atom. The molecule has 3 aromatic rings. The third-order valence-corrected chi connectivity index (χ3v) is 8.01. The Kier molecular flexibility index (Phi) is 6.49. The van der Waals surface area contributed by atoms with Gasteiger partial charge in [0.1, 0.15) is 5.75 Å². The van der Waals surface area contributed by atoms with E-state index in [9.17, 15) is 4.79 Å². The number of hydrogen-bond acceptors (Lipinski definition) is 3. The molecule has 2 fully saturated rings. The maximum absolute atomic E-state index is 12.1. The minimum atomic E-state index is -0.129. The Morgan fingerprint density at radius 3 is 2.58 bits per heavy atom. The summed E-state index contributed by atoms with van der Waals surface area (Å²) in [6, 6.07) is 17.0. The molecule has 2 aliphatic carbocycles. The molecule has 174 valence electrons. The largest absolute Gasteiger partial charge is 0.489 e. The molecule has 0 saturated heterocycles. The van der Waals surface area contributed by atoms with E-state index in [4.69, 9.17) is 16.3 Å². The molecular formula is C28H33ClN2O2. The summed E-state index contributed by atoms with van der Waals surface area (Å²) in [5, 5.41) is 5.88. The van der Waals surface area contributed by atoms with Crippen molar-refractivity contribution < 1.29 is 4.74 Å². The summed E-state index contributed by atoms with van der Waals surface area (Å²) in [5.74, 6) is 1.54. The third kappa shape index (κ3) is 4.69. The normalized spacial score (nSPS) is 24.0. The van der Waals surface area contributed by atoms with Gasteiger partial charge in [-0.15, -0.1) is 0 Å². The van der Waals surface area contributed by atoms with Crippen LogP contribution in [0.1, 0.15) is 57.4 Å². The van der Waals surface area contributed by atoms with Crippen LogP contribution in [-0.4, -0.2) is 23.7 Å². The van der Waals surface area contributed by atoms with Gasteiger partial charge in [-0.1, -0.05) is 48.9 Å². The minimum absolute atomic E-state index is 0.125. The molecule has 5 rings (SSSR count). The van der Waals surface area contributed by atoms with Gasteiger partial charge in [0, 0.05) is 23.0 Å². The maximum Gasteiger partial charge on any atom is 0.255 e. The highest BCUT2D eigenvalue weighted by Gasteiger charge is 2.43. The molecule has 0 radical (unpaired) electrons. The van der Waals surface area contributed by atoms with Gasteiger partial charge in [-0.3, -0.25) is 4.79 Å². The van der Waals surface area contributed by atoms with E-state index in [0.29, 0.717) is 22.2 Å². The lowest BCUT2D eigenvalue weighted by Crippen LogP contribution is -2.51. The fraction of sp³-hybridized carbons (Fsp3) is 0.464. The van der Waals surface area contributed by atoms with E-state index in [1.807, 2.05) is 12.1 Å². The lowest BCUT2D eigenvalue weighted by atomic mass is 9.63. The molecule has 2 N–H and O–H groups in total. The first kappa shape index (κ1) is 22.5. The molecule has 0 aliphatic heterocycles. The van der Waals surface area contributed by atoms with Gasteiger partial charge in [-0.25, -0.2) is 0 Å². The molecule has 2 saturated carbocycles. The van der Waals surface area contributed by atoms with Crippen LogP contribution in [0, 0.1) is 5.92 Å². The predicted octanol–water partition coefficient (Wildman–Crippen LogP) is 6.22. The van der Waals surface area contributed by atoms with E-state index in [2.05, 4.69) is 47.6 Å². The number of nitrogens with one attached hydrogen (secondary N) is 2. The molecule has 2 aromatic carbocycles. The topological polar surface area (TPSA) is 54.1 Å². The van der Waals surface area contributed by atoms with Crippen LogP contribution in [0.3, 0.4) is 0 Å². The van der Waals surface area contributed by atoms with Crippen LogP contribution in [-0.2, 0) is 5.41 Å². The van der Waals surface area contributed by atoms with Gasteiger partial charge in [-0.2, -0.15) is 0 Å². The number of halogens is 1. The molecule has 0 bridgehead atoms. The monoisotopic (exact) mass is 464 g/mol. The molecule has 33 heavy (non-hydrogen) atoms. The van der Waals surface area contributed by atoms with Gasteiger partial charge in [0.2, 0.25) is 0 Å². The Morgan fingerprint density at radius 2 is 1.88 bits per heavy atom. The van der Waals surface area contributed by atoms with Gasteiger partial charge in [0.05, 0.1) is 11.1 Å². The maximum atomic E-state index is 12.1. The van der Waals surface area contributed by atoms with E-state index < -0.39 is 0 Å². The van der Waals surface area contributed by atoms with E-state index in [1.54, 1.807) is 12.3 Å². The van der Waals surface area contributed by atoms with Gasteiger partial charge in [0.25, 0.3) is 5.56 Å². The summed E-state index contributed by atoms with van der Waals surface area (Å²) in [7, 11) is 0. The zero-order chi connectivity index (χ0) is 22.8. The zero-order valence-electron chi connectivity index (χ0n) is 19.3. The van der Waals surface area contributed by atoms with Crippen LogP contribution < -0.4 is 15.6 Å². The van der Waals surface area contributed by atoms with Crippen LogP contribution in [0.2, 0.25) is 5.02 Å². The fourth-order valence-corrected chi connectivity index (χ4v) is 5.86. The molecular weight excluding hydrogens is 432 g/mol. The number of fused-ring (bicyclic) bond motifs is 1. The van der Waals surface area contributed by atoms with Crippen molar-refractivity contribution in [3.8, 4) is 5.75 Å². The second kappa shape index (κ2) is 9.52. The quantitative estimate of drug-likeness (QED) is 0.416. The Balaban J connectivity index is 1.35. The van der Waals surface area contributed by atoms with Crippen molar-refractivity contribution in [2.75, 3.05) is 6.54 Å². The predicted molar refractivity (Wildman–Crippen MR) is 135 cm³/mol. The van der Waals surface area contributed by atoms with Crippen LogP contribution in [0.4, 0.5) is 0 Å². The summed E-state index contributed by atoms with van der Waals surface area (Å²) in [5.41, 5.74) is 1.45. The van der Waals surface area contributed by atoms with E-state index in [1.165, 1.54) is 18.4 Å². The molecule has 1 aromatic heterocycles. The Bertz CT molecular complexity index is 1150. The Labute approximate surface area is 200 Å². The smallest absolute Gasteiger partial charge is 0.255 e. The van der Waals surface area contributed by atoms with Crippen molar-refractivity contribution in [2.45, 2.75) is 69.4 Å². The van der Waals surface area contributed by atoms with Gasteiger partial charge in [0.15, 0.2) is 0 Å². The van der Waals surface area contributed by atoms with E-state index in [-0.39, 0.29) is 17.1 Å². The minimum Gasteiger partial charge on any atom is -0.489 e. The molecule has 4 nitrogen and oxygen atoms in total. The first-order valence-electron chi connectivity index (χ1n) is 12.4. The molecule has 0 unspecified atom stereocenters. The number of aromatic nitrogens is 1. The highest BCUT2D eigenvalue weighted by molar-refractivity contribution is 6.32. The molecule has 5 heteroatoms. The van der Waals surface area contributed by atoms with Crippen LogP contribution in [0.5, 0.6) is 5.75 Å². The van der Waals surface area contributed by atoms with Crippen molar-refractivity contribution in [1.82, 2.24) is 10.3 Å².